The summed E-state index contributed by atoms with van der Waals surface area (Å²) in [5, 5.41) is 4.91. The summed E-state index contributed by atoms with van der Waals surface area (Å²) in [6.45, 7) is 7.55. The summed E-state index contributed by atoms with van der Waals surface area (Å²) in [7, 11) is 1.71. The number of aromatic nitrogens is 2. The highest BCUT2D eigenvalue weighted by molar-refractivity contribution is 5.29. The van der Waals surface area contributed by atoms with Gasteiger partial charge in [0, 0.05) is 50.5 Å². The minimum absolute atomic E-state index is 0.407. The van der Waals surface area contributed by atoms with Gasteiger partial charge in [0.05, 0.1) is 19.4 Å². The molecule has 0 spiro atoms. The summed E-state index contributed by atoms with van der Waals surface area (Å²) in [6, 6.07) is 8.37. The predicted octanol–water partition coefficient (Wildman–Crippen LogP) is 3.44. The fraction of sp³-hybridized carbons (Fsp3) is 0.571. The van der Waals surface area contributed by atoms with Crippen molar-refractivity contribution in [2.24, 2.45) is 5.92 Å². The molecule has 0 amide bonds. The van der Waals surface area contributed by atoms with Crippen LogP contribution in [0.3, 0.4) is 0 Å². The van der Waals surface area contributed by atoms with Gasteiger partial charge in [0.2, 0.25) is 0 Å². The van der Waals surface area contributed by atoms with Gasteiger partial charge >= 0.3 is 0 Å². The lowest BCUT2D eigenvalue weighted by molar-refractivity contribution is 0.105. The van der Waals surface area contributed by atoms with Crippen LogP contribution in [0.2, 0.25) is 0 Å². The van der Waals surface area contributed by atoms with E-state index in [-0.39, 0.29) is 0 Å². The van der Waals surface area contributed by atoms with Crippen LogP contribution >= 0.6 is 0 Å². The van der Waals surface area contributed by atoms with Crippen molar-refractivity contribution in [1.82, 2.24) is 14.7 Å². The Bertz CT molecular complexity index is 721. The van der Waals surface area contributed by atoms with Crippen molar-refractivity contribution in [3.05, 3.63) is 47.3 Å². The zero-order chi connectivity index (χ0) is 17.9. The summed E-state index contributed by atoms with van der Waals surface area (Å²) in [5.41, 5.74) is 3.93. The van der Waals surface area contributed by atoms with Gasteiger partial charge in [0.25, 0.3) is 0 Å². The third-order valence-electron chi connectivity index (χ3n) is 5.39. The lowest BCUT2D eigenvalue weighted by atomic mass is 9.95. The molecule has 2 heterocycles. The first-order chi connectivity index (χ1) is 12.7. The van der Waals surface area contributed by atoms with Crippen molar-refractivity contribution in [3.63, 3.8) is 0 Å². The molecule has 0 bridgehead atoms. The van der Waals surface area contributed by atoms with Gasteiger partial charge in [0.15, 0.2) is 0 Å². The number of hydrogen-bond acceptors (Lipinski definition) is 4. The van der Waals surface area contributed by atoms with Crippen LogP contribution in [0, 0.1) is 5.92 Å². The van der Waals surface area contributed by atoms with E-state index in [9.17, 15) is 0 Å². The molecule has 0 saturated heterocycles. The van der Waals surface area contributed by atoms with Crippen LogP contribution in [0.25, 0.3) is 0 Å². The van der Waals surface area contributed by atoms with Crippen molar-refractivity contribution in [2.45, 2.75) is 45.3 Å². The number of fused-ring (bicyclic) bond motifs is 1. The van der Waals surface area contributed by atoms with E-state index in [1.807, 2.05) is 12.1 Å². The molecule has 0 unspecified atom stereocenters. The molecule has 5 nitrogen and oxygen atoms in total. The molecule has 2 aliphatic rings. The van der Waals surface area contributed by atoms with Crippen LogP contribution in [-0.2, 0) is 24.4 Å². The van der Waals surface area contributed by atoms with E-state index >= 15 is 0 Å². The van der Waals surface area contributed by atoms with Crippen molar-refractivity contribution >= 4 is 0 Å². The maximum absolute atomic E-state index is 5.78. The number of nitrogens with zero attached hydrogens (tertiary/aromatic N) is 3. The minimum Gasteiger partial charge on any atom is -0.497 e. The third-order valence-corrected chi connectivity index (χ3v) is 5.39. The van der Waals surface area contributed by atoms with Gasteiger partial charge in [0.1, 0.15) is 5.75 Å². The molecule has 1 fully saturated rings. The first-order valence-corrected chi connectivity index (χ1v) is 9.74. The summed E-state index contributed by atoms with van der Waals surface area (Å²) in [6.07, 6.45) is 5.00. The molecule has 1 saturated carbocycles. The summed E-state index contributed by atoms with van der Waals surface area (Å²) < 4.78 is 13.2. The average molecular weight is 355 g/mol. The molecule has 26 heavy (non-hydrogen) atoms. The smallest absolute Gasteiger partial charge is 0.118 e. The van der Waals surface area contributed by atoms with Gasteiger partial charge in [-0.25, -0.2) is 0 Å². The van der Waals surface area contributed by atoms with E-state index in [0.29, 0.717) is 5.92 Å². The van der Waals surface area contributed by atoms with Gasteiger partial charge in [-0.3, -0.25) is 9.58 Å². The first kappa shape index (κ1) is 17.6. The highest BCUT2D eigenvalue weighted by Crippen LogP contribution is 2.33. The molecule has 0 radical (unpaired) electrons. The monoisotopic (exact) mass is 355 g/mol. The Morgan fingerprint density at radius 1 is 1.19 bits per heavy atom. The number of methoxy groups -OCH3 is 1. The van der Waals surface area contributed by atoms with Crippen molar-refractivity contribution < 1.29 is 9.47 Å². The van der Waals surface area contributed by atoms with Crippen LogP contribution in [0.15, 0.2) is 30.5 Å². The normalized spacial score (nSPS) is 20.2. The maximum Gasteiger partial charge on any atom is 0.118 e. The minimum atomic E-state index is 0.407. The van der Waals surface area contributed by atoms with Crippen LogP contribution in [-0.4, -0.2) is 41.5 Å². The Labute approximate surface area is 155 Å². The second-order valence-electron chi connectivity index (χ2n) is 7.57. The summed E-state index contributed by atoms with van der Waals surface area (Å²) in [5.74, 6) is 2.16. The summed E-state index contributed by atoms with van der Waals surface area (Å²) >= 11 is 0. The number of benzene rings is 1. The van der Waals surface area contributed by atoms with Crippen molar-refractivity contribution in [2.75, 3.05) is 26.9 Å². The largest absolute Gasteiger partial charge is 0.497 e. The summed E-state index contributed by atoms with van der Waals surface area (Å²) in [4.78, 5) is 2.49. The quantitative estimate of drug-likeness (QED) is 0.727. The van der Waals surface area contributed by atoms with Crippen LogP contribution < -0.4 is 4.74 Å². The van der Waals surface area contributed by atoms with Gasteiger partial charge in [-0.1, -0.05) is 12.1 Å². The van der Waals surface area contributed by atoms with Gasteiger partial charge in [-0.05, 0) is 43.4 Å². The Balaban J connectivity index is 1.48. The fourth-order valence-electron chi connectivity index (χ4n) is 3.80. The Morgan fingerprint density at radius 2 is 2.00 bits per heavy atom. The molecule has 4 rings (SSSR count). The van der Waals surface area contributed by atoms with E-state index in [1.54, 1.807) is 7.11 Å². The zero-order valence-electron chi connectivity index (χ0n) is 15.9. The third kappa shape index (κ3) is 4.10. The SMILES string of the molecule is CCOC[C@H]1CN(Cc2ccc(OC)cc2)Cc2nn(CC3CC3)cc21. The predicted molar refractivity (Wildman–Crippen MR) is 101 cm³/mol. The second kappa shape index (κ2) is 7.80. The molecule has 1 aliphatic carbocycles. The number of rotatable bonds is 8. The highest BCUT2D eigenvalue weighted by atomic mass is 16.5. The van der Waals surface area contributed by atoms with E-state index < -0.39 is 0 Å². The topological polar surface area (TPSA) is 39.5 Å². The standard InChI is InChI=1S/C21H29N3O2/c1-3-26-15-18-12-23(10-16-6-8-19(25-2)9-7-16)14-21-20(18)13-24(22-21)11-17-4-5-17/h6-9,13,17-18H,3-5,10-12,14-15H2,1-2H3/t18-/m1/s1. The molecular weight excluding hydrogens is 326 g/mol. The van der Waals surface area contributed by atoms with Crippen LogP contribution in [0.1, 0.15) is 42.5 Å². The van der Waals surface area contributed by atoms with E-state index in [4.69, 9.17) is 14.6 Å². The molecular formula is C21H29N3O2. The van der Waals surface area contributed by atoms with Crippen LogP contribution in [0.5, 0.6) is 5.75 Å². The highest BCUT2D eigenvalue weighted by Gasteiger charge is 2.30. The molecule has 2 aromatic rings. The zero-order valence-corrected chi connectivity index (χ0v) is 15.9. The molecule has 5 heteroatoms. The Hall–Kier alpha value is -1.85. The molecule has 140 valence electrons. The van der Waals surface area contributed by atoms with E-state index in [2.05, 4.69) is 34.8 Å². The van der Waals surface area contributed by atoms with E-state index in [0.717, 1.165) is 51.1 Å². The number of hydrogen-bond donors (Lipinski definition) is 0. The Kier molecular flexibility index (Phi) is 5.27. The molecule has 0 N–H and O–H groups in total. The molecule has 1 atom stereocenters. The molecule has 1 aliphatic heterocycles. The van der Waals surface area contributed by atoms with Gasteiger partial charge < -0.3 is 9.47 Å². The molecule has 1 aromatic heterocycles. The first-order valence-electron chi connectivity index (χ1n) is 9.74. The maximum atomic E-state index is 5.78. The van der Waals surface area contributed by atoms with Crippen LogP contribution in [0.4, 0.5) is 0 Å². The van der Waals surface area contributed by atoms with Gasteiger partial charge in [-0.2, -0.15) is 5.10 Å². The lowest BCUT2D eigenvalue weighted by Crippen LogP contribution is -2.34. The molecule has 1 aromatic carbocycles. The van der Waals surface area contributed by atoms with E-state index in [1.165, 1.54) is 29.7 Å². The second-order valence-corrected chi connectivity index (χ2v) is 7.57. The van der Waals surface area contributed by atoms with Crippen molar-refractivity contribution in [1.29, 1.82) is 0 Å². The lowest BCUT2D eigenvalue weighted by Gasteiger charge is -2.32. The fourth-order valence-corrected chi connectivity index (χ4v) is 3.80. The average Bonchev–Trinajstić information content (AvgIpc) is 3.37. The van der Waals surface area contributed by atoms with Gasteiger partial charge in [-0.15, -0.1) is 0 Å². The Morgan fingerprint density at radius 3 is 2.69 bits per heavy atom. The number of ether oxygens (including phenoxy) is 2. The van der Waals surface area contributed by atoms with Crippen molar-refractivity contribution in [3.8, 4) is 5.75 Å².